The van der Waals surface area contributed by atoms with Crippen LogP contribution in [0.5, 0.6) is 5.75 Å². The fourth-order valence-electron chi connectivity index (χ4n) is 2.02. The van der Waals surface area contributed by atoms with Gasteiger partial charge in [-0.3, -0.25) is 4.79 Å². The molecule has 0 aliphatic heterocycles. The quantitative estimate of drug-likeness (QED) is 0.743. The van der Waals surface area contributed by atoms with Gasteiger partial charge in [0.1, 0.15) is 9.96 Å². The molecule has 1 aromatic carbocycles. The number of thiophene rings is 1. The average molecular weight is 368 g/mol. The molecule has 0 saturated carbocycles. The second kappa shape index (κ2) is 8.27. The molecule has 0 fully saturated rings. The number of aryl methyl sites for hydroxylation is 1. The van der Waals surface area contributed by atoms with E-state index in [1.807, 2.05) is 31.2 Å². The van der Waals surface area contributed by atoms with Crippen molar-refractivity contribution in [3.63, 3.8) is 0 Å². The number of hydrogen-bond acceptors (Lipinski definition) is 5. The molecule has 2 aromatic rings. The molecule has 0 unspecified atom stereocenters. The first-order valence-electron chi connectivity index (χ1n) is 7.36. The van der Waals surface area contributed by atoms with Gasteiger partial charge in [0.2, 0.25) is 5.91 Å². The van der Waals surface area contributed by atoms with Gasteiger partial charge in [0, 0.05) is 11.4 Å². The molecule has 6 nitrogen and oxygen atoms in total. The summed E-state index contributed by atoms with van der Waals surface area (Å²) in [7, 11) is -2.03. The molecule has 130 valence electrons. The van der Waals surface area contributed by atoms with Crippen molar-refractivity contribution in [1.29, 1.82) is 0 Å². The van der Waals surface area contributed by atoms with E-state index in [0.717, 1.165) is 16.2 Å². The number of carbonyl (C=O) groups excluding carboxylic acids is 1. The number of ether oxygens (including phenoxy) is 1. The Labute approximate surface area is 145 Å². The molecule has 24 heavy (non-hydrogen) atoms. The van der Waals surface area contributed by atoms with Crippen molar-refractivity contribution in [2.45, 2.75) is 17.6 Å². The predicted octanol–water partition coefficient (Wildman–Crippen LogP) is 1.70. The zero-order chi connectivity index (χ0) is 17.6. The van der Waals surface area contributed by atoms with Crippen LogP contribution in [0.4, 0.5) is 0 Å². The molecule has 1 heterocycles. The molecule has 0 spiro atoms. The summed E-state index contributed by atoms with van der Waals surface area (Å²) in [5.74, 6) is 0.396. The van der Waals surface area contributed by atoms with Crippen molar-refractivity contribution >= 4 is 27.3 Å². The molecule has 0 aliphatic rings. The topological polar surface area (TPSA) is 84.5 Å². The molecule has 1 aromatic heterocycles. The van der Waals surface area contributed by atoms with Gasteiger partial charge < -0.3 is 10.1 Å². The number of methoxy groups -OCH3 is 1. The number of amides is 1. The molecule has 2 rings (SSSR count). The minimum atomic E-state index is -3.63. The zero-order valence-electron chi connectivity index (χ0n) is 13.5. The van der Waals surface area contributed by atoms with Crippen LogP contribution in [-0.2, 0) is 21.2 Å². The molecular weight excluding hydrogens is 348 g/mol. The maximum absolute atomic E-state index is 12.0. The van der Waals surface area contributed by atoms with E-state index in [1.54, 1.807) is 13.2 Å². The lowest BCUT2D eigenvalue weighted by atomic mass is 10.1. The highest BCUT2D eigenvalue weighted by atomic mass is 32.2. The van der Waals surface area contributed by atoms with E-state index in [1.165, 1.54) is 17.4 Å². The first-order chi connectivity index (χ1) is 11.4. The highest BCUT2D eigenvalue weighted by Gasteiger charge is 2.17. The highest BCUT2D eigenvalue weighted by Crippen LogP contribution is 2.20. The van der Waals surface area contributed by atoms with E-state index >= 15 is 0 Å². The molecule has 0 atom stereocenters. The first-order valence-corrected chi connectivity index (χ1v) is 9.66. The maximum Gasteiger partial charge on any atom is 0.250 e. The molecule has 0 bridgehead atoms. The molecule has 0 aliphatic carbocycles. The highest BCUT2D eigenvalue weighted by molar-refractivity contribution is 7.91. The van der Waals surface area contributed by atoms with E-state index < -0.39 is 10.0 Å². The molecular formula is C16H20N2O4S2. The van der Waals surface area contributed by atoms with E-state index in [9.17, 15) is 13.2 Å². The van der Waals surface area contributed by atoms with Crippen molar-refractivity contribution in [3.8, 4) is 5.75 Å². The normalized spacial score (nSPS) is 11.2. The van der Waals surface area contributed by atoms with Crippen LogP contribution in [0.25, 0.3) is 0 Å². The molecule has 0 radical (unpaired) electrons. The van der Waals surface area contributed by atoms with Gasteiger partial charge in [0.05, 0.1) is 13.7 Å². The van der Waals surface area contributed by atoms with Crippen LogP contribution in [0.15, 0.2) is 40.6 Å². The summed E-state index contributed by atoms with van der Waals surface area (Å²) < 4.78 is 31.7. The summed E-state index contributed by atoms with van der Waals surface area (Å²) in [6.45, 7) is 1.97. The van der Waals surface area contributed by atoms with E-state index in [0.29, 0.717) is 13.0 Å². The van der Waals surface area contributed by atoms with Crippen molar-refractivity contribution < 1.29 is 17.9 Å². The Morgan fingerprint density at radius 3 is 2.71 bits per heavy atom. The summed E-state index contributed by atoms with van der Waals surface area (Å²) in [5.41, 5.74) is 1.03. The molecule has 8 heteroatoms. The minimum absolute atomic E-state index is 0.212. The summed E-state index contributed by atoms with van der Waals surface area (Å²) in [4.78, 5) is 12.7. The van der Waals surface area contributed by atoms with Gasteiger partial charge in [-0.2, -0.15) is 0 Å². The Bertz CT molecular complexity index is 800. The lowest BCUT2D eigenvalue weighted by Gasteiger charge is -2.08. The molecule has 1 amide bonds. The van der Waals surface area contributed by atoms with E-state index in [-0.39, 0.29) is 16.7 Å². The van der Waals surface area contributed by atoms with Crippen LogP contribution < -0.4 is 14.8 Å². The minimum Gasteiger partial charge on any atom is -0.497 e. The standard InChI is InChI=1S/C16H20N2O4S2/c1-12-6-7-16(23-12)24(20,21)18-11-15(19)17-9-8-13-4-3-5-14(10-13)22-2/h3-7,10,18H,8-9,11H2,1-2H3,(H,17,19). The van der Waals surface area contributed by atoms with Crippen LogP contribution in [-0.4, -0.2) is 34.5 Å². The van der Waals surface area contributed by atoms with Gasteiger partial charge in [-0.15, -0.1) is 11.3 Å². The summed E-state index contributed by atoms with van der Waals surface area (Å²) in [5, 5.41) is 2.69. The Balaban J connectivity index is 1.77. The third kappa shape index (κ3) is 5.33. The van der Waals surface area contributed by atoms with Crippen LogP contribution >= 0.6 is 11.3 Å². The number of sulfonamides is 1. The second-order valence-corrected chi connectivity index (χ2v) is 8.42. The van der Waals surface area contributed by atoms with Crippen molar-refractivity contribution in [1.82, 2.24) is 10.0 Å². The molecule has 2 N–H and O–H groups in total. The smallest absolute Gasteiger partial charge is 0.250 e. The third-order valence-electron chi connectivity index (χ3n) is 3.27. The Morgan fingerprint density at radius 1 is 1.25 bits per heavy atom. The van der Waals surface area contributed by atoms with Crippen molar-refractivity contribution in [3.05, 3.63) is 46.8 Å². The number of nitrogens with one attached hydrogen (secondary N) is 2. The summed E-state index contributed by atoms with van der Waals surface area (Å²) in [6, 6.07) is 10.8. The predicted molar refractivity (Wildman–Crippen MR) is 94.0 cm³/mol. The average Bonchev–Trinajstić information content (AvgIpc) is 3.01. The number of hydrogen-bond donors (Lipinski definition) is 2. The zero-order valence-corrected chi connectivity index (χ0v) is 15.2. The fourth-order valence-corrected chi connectivity index (χ4v) is 4.33. The van der Waals surface area contributed by atoms with Crippen molar-refractivity contribution in [2.24, 2.45) is 0 Å². The summed E-state index contributed by atoms with van der Waals surface area (Å²) in [6.07, 6.45) is 0.639. The van der Waals surface area contributed by atoms with Crippen LogP contribution in [0, 0.1) is 6.92 Å². The number of rotatable bonds is 8. The van der Waals surface area contributed by atoms with E-state index in [2.05, 4.69) is 10.0 Å². The van der Waals surface area contributed by atoms with Gasteiger partial charge >= 0.3 is 0 Å². The van der Waals surface area contributed by atoms with Gasteiger partial charge in [-0.05, 0) is 43.2 Å². The Morgan fingerprint density at radius 2 is 2.04 bits per heavy atom. The lowest BCUT2D eigenvalue weighted by molar-refractivity contribution is -0.119. The van der Waals surface area contributed by atoms with Gasteiger partial charge in [-0.1, -0.05) is 12.1 Å². The first kappa shape index (κ1) is 18.4. The van der Waals surface area contributed by atoms with Crippen LogP contribution in [0.1, 0.15) is 10.4 Å². The second-order valence-electron chi connectivity index (χ2n) is 5.14. The largest absolute Gasteiger partial charge is 0.497 e. The van der Waals surface area contributed by atoms with Crippen molar-refractivity contribution in [2.75, 3.05) is 20.2 Å². The fraction of sp³-hybridized carbons (Fsp3) is 0.312. The SMILES string of the molecule is COc1cccc(CCNC(=O)CNS(=O)(=O)c2ccc(C)s2)c1. The monoisotopic (exact) mass is 368 g/mol. The molecule has 0 saturated heterocycles. The Kier molecular flexibility index (Phi) is 6.36. The lowest BCUT2D eigenvalue weighted by Crippen LogP contribution is -2.37. The van der Waals surface area contributed by atoms with Gasteiger partial charge in [0.15, 0.2) is 0 Å². The number of carbonyl (C=O) groups is 1. The van der Waals surface area contributed by atoms with E-state index in [4.69, 9.17) is 4.74 Å². The van der Waals surface area contributed by atoms with Crippen LogP contribution in [0.2, 0.25) is 0 Å². The number of benzene rings is 1. The van der Waals surface area contributed by atoms with Crippen LogP contribution in [0.3, 0.4) is 0 Å². The summed E-state index contributed by atoms with van der Waals surface area (Å²) >= 11 is 1.17. The maximum atomic E-state index is 12.0. The van der Waals surface area contributed by atoms with Gasteiger partial charge in [0.25, 0.3) is 10.0 Å². The Hall–Kier alpha value is -1.90. The van der Waals surface area contributed by atoms with Gasteiger partial charge in [-0.25, -0.2) is 13.1 Å². The third-order valence-corrected chi connectivity index (χ3v) is 6.17.